The zero-order valence-corrected chi connectivity index (χ0v) is 17.9. The molecule has 30 heavy (non-hydrogen) atoms. The molecule has 1 N–H and O–H groups in total. The molecule has 1 fully saturated rings. The van der Waals surface area contributed by atoms with Gasteiger partial charge < -0.3 is 19.9 Å². The van der Waals surface area contributed by atoms with Crippen molar-refractivity contribution >= 4 is 11.7 Å². The Bertz CT molecular complexity index is 830. The lowest BCUT2D eigenvalue weighted by Gasteiger charge is -2.35. The molecule has 6 heteroatoms. The number of nitrogens with zero attached hydrogens (tertiary/aromatic N) is 2. The third-order valence-corrected chi connectivity index (χ3v) is 5.72. The van der Waals surface area contributed by atoms with Crippen LogP contribution in [0.1, 0.15) is 25.3 Å². The second kappa shape index (κ2) is 11.0. The largest absolute Gasteiger partial charge is 0.497 e. The number of hydrogen-bond donors (Lipinski definition) is 1. The summed E-state index contributed by atoms with van der Waals surface area (Å²) in [7, 11) is 1.69. The molecule has 3 rings (SSSR count). The molecule has 2 aromatic rings. The molecule has 1 unspecified atom stereocenters. The Labute approximate surface area is 178 Å². The van der Waals surface area contributed by atoms with E-state index in [1.165, 1.54) is 11.6 Å². The number of nitrogens with one attached hydrogen (secondary N) is 1. The number of anilines is 1. The van der Waals surface area contributed by atoms with Gasteiger partial charge in [0.05, 0.1) is 12.8 Å². The van der Waals surface area contributed by atoms with Crippen LogP contribution in [0.4, 0.5) is 14.9 Å². The van der Waals surface area contributed by atoms with E-state index in [1.807, 2.05) is 19.1 Å². The van der Waals surface area contributed by atoms with Crippen molar-refractivity contribution in [3.8, 4) is 5.75 Å². The normalized spacial score (nSPS) is 16.8. The fraction of sp³-hybridized carbons (Fsp3) is 0.458. The topological polar surface area (TPSA) is 44.8 Å². The first kappa shape index (κ1) is 22.1. The number of urea groups is 1. The van der Waals surface area contributed by atoms with E-state index in [2.05, 4.69) is 22.3 Å². The van der Waals surface area contributed by atoms with Crippen molar-refractivity contribution in [3.05, 3.63) is 59.9 Å². The van der Waals surface area contributed by atoms with Crippen LogP contribution in [-0.2, 0) is 6.42 Å². The van der Waals surface area contributed by atoms with Gasteiger partial charge in [-0.05, 0) is 68.5 Å². The van der Waals surface area contributed by atoms with Crippen LogP contribution in [0.3, 0.4) is 0 Å². The van der Waals surface area contributed by atoms with Crippen molar-refractivity contribution in [3.63, 3.8) is 0 Å². The lowest BCUT2D eigenvalue weighted by atomic mass is 9.97. The van der Waals surface area contributed by atoms with Crippen molar-refractivity contribution in [2.24, 2.45) is 5.92 Å². The molecule has 0 bridgehead atoms. The number of likely N-dealkylation sites (tertiary alicyclic amines) is 1. The Balaban J connectivity index is 1.51. The molecule has 0 aliphatic carbocycles. The number of hydrogen-bond acceptors (Lipinski definition) is 3. The van der Waals surface area contributed by atoms with Gasteiger partial charge in [0.15, 0.2) is 0 Å². The zero-order chi connectivity index (χ0) is 21.3. The number of carbonyl (C=O) groups is 1. The molecule has 1 saturated heterocycles. The van der Waals surface area contributed by atoms with E-state index in [9.17, 15) is 9.18 Å². The first-order chi connectivity index (χ1) is 14.6. The quantitative estimate of drug-likeness (QED) is 0.686. The van der Waals surface area contributed by atoms with Gasteiger partial charge in [-0.3, -0.25) is 0 Å². The Hall–Kier alpha value is -2.60. The number of amides is 2. The number of halogens is 1. The van der Waals surface area contributed by atoms with Gasteiger partial charge in [0.1, 0.15) is 11.6 Å². The van der Waals surface area contributed by atoms with Gasteiger partial charge in [-0.15, -0.1) is 0 Å². The highest BCUT2D eigenvalue weighted by Gasteiger charge is 2.24. The van der Waals surface area contributed by atoms with Gasteiger partial charge in [-0.2, -0.15) is 0 Å². The summed E-state index contributed by atoms with van der Waals surface area (Å²) >= 11 is 0. The van der Waals surface area contributed by atoms with E-state index in [-0.39, 0.29) is 11.7 Å². The minimum Gasteiger partial charge on any atom is -0.497 e. The van der Waals surface area contributed by atoms with E-state index in [0.717, 1.165) is 44.6 Å². The van der Waals surface area contributed by atoms with Gasteiger partial charge in [-0.25, -0.2) is 9.18 Å². The fourth-order valence-electron chi connectivity index (χ4n) is 4.04. The fourth-order valence-corrected chi connectivity index (χ4v) is 4.04. The third-order valence-electron chi connectivity index (χ3n) is 5.72. The molecule has 5 nitrogen and oxygen atoms in total. The van der Waals surface area contributed by atoms with Gasteiger partial charge in [0.25, 0.3) is 0 Å². The number of methoxy groups -OCH3 is 1. The lowest BCUT2D eigenvalue weighted by Crippen LogP contribution is -2.44. The summed E-state index contributed by atoms with van der Waals surface area (Å²) in [6, 6.07) is 14.3. The average Bonchev–Trinajstić information content (AvgIpc) is 2.78. The van der Waals surface area contributed by atoms with E-state index in [0.29, 0.717) is 19.0 Å². The standard InChI is InChI=1S/C24H32FN3O2/c1-3-28(24(29)26-23-12-5-4-11-22(23)25)18-20-9-7-14-27(17-20)15-13-19-8-6-10-21(16-19)30-2/h4-6,8,10-12,16,20H,3,7,9,13-15,17-18H2,1-2H3,(H,26,29). The maximum atomic E-state index is 13.9. The maximum Gasteiger partial charge on any atom is 0.321 e. The number of benzene rings is 2. The number of carbonyl (C=O) groups excluding carboxylic acids is 1. The highest BCUT2D eigenvalue weighted by Crippen LogP contribution is 2.20. The van der Waals surface area contributed by atoms with Crippen molar-refractivity contribution in [1.29, 1.82) is 0 Å². The second-order valence-corrected chi connectivity index (χ2v) is 7.86. The van der Waals surface area contributed by atoms with Gasteiger partial charge in [-0.1, -0.05) is 24.3 Å². The molecular formula is C24H32FN3O2. The minimum atomic E-state index is -0.414. The predicted octanol–water partition coefficient (Wildman–Crippen LogP) is 4.64. The molecule has 2 amide bonds. The van der Waals surface area contributed by atoms with E-state index in [4.69, 9.17) is 4.74 Å². The van der Waals surface area contributed by atoms with Crippen LogP contribution in [0.25, 0.3) is 0 Å². The molecule has 1 heterocycles. The van der Waals surface area contributed by atoms with Crippen LogP contribution in [0, 0.1) is 11.7 Å². The number of para-hydroxylation sites is 1. The molecule has 0 aromatic heterocycles. The number of rotatable bonds is 8. The lowest BCUT2D eigenvalue weighted by molar-refractivity contribution is 0.144. The van der Waals surface area contributed by atoms with Crippen LogP contribution < -0.4 is 10.1 Å². The summed E-state index contributed by atoms with van der Waals surface area (Å²) in [5, 5.41) is 2.71. The van der Waals surface area contributed by atoms with Crippen LogP contribution in [0.15, 0.2) is 48.5 Å². The Morgan fingerprint density at radius 3 is 2.87 bits per heavy atom. The molecule has 1 atom stereocenters. The number of ether oxygens (including phenoxy) is 1. The van der Waals surface area contributed by atoms with Gasteiger partial charge >= 0.3 is 6.03 Å². The van der Waals surface area contributed by atoms with Crippen molar-refractivity contribution in [2.75, 3.05) is 45.2 Å². The van der Waals surface area contributed by atoms with Crippen molar-refractivity contribution < 1.29 is 13.9 Å². The van der Waals surface area contributed by atoms with Crippen molar-refractivity contribution in [1.82, 2.24) is 9.80 Å². The Morgan fingerprint density at radius 1 is 1.27 bits per heavy atom. The smallest absolute Gasteiger partial charge is 0.321 e. The maximum absolute atomic E-state index is 13.9. The molecule has 2 aromatic carbocycles. The summed E-state index contributed by atoms with van der Waals surface area (Å²) < 4.78 is 19.2. The molecule has 0 spiro atoms. The van der Waals surface area contributed by atoms with E-state index in [1.54, 1.807) is 30.2 Å². The third kappa shape index (κ3) is 6.20. The van der Waals surface area contributed by atoms with Crippen LogP contribution in [-0.4, -0.2) is 55.7 Å². The molecule has 162 valence electrons. The van der Waals surface area contributed by atoms with Crippen LogP contribution in [0.2, 0.25) is 0 Å². The molecule has 1 aliphatic heterocycles. The molecule has 0 radical (unpaired) electrons. The van der Waals surface area contributed by atoms with Crippen LogP contribution >= 0.6 is 0 Å². The first-order valence-corrected chi connectivity index (χ1v) is 10.7. The van der Waals surface area contributed by atoms with Crippen molar-refractivity contribution in [2.45, 2.75) is 26.2 Å². The number of piperidine rings is 1. The summed E-state index contributed by atoms with van der Waals surface area (Å²) in [5.41, 5.74) is 1.50. The SMILES string of the molecule is CCN(CC1CCCN(CCc2cccc(OC)c2)C1)C(=O)Nc1ccccc1F. The zero-order valence-electron chi connectivity index (χ0n) is 17.9. The second-order valence-electron chi connectivity index (χ2n) is 7.86. The summed E-state index contributed by atoms with van der Waals surface area (Å²) in [6.07, 6.45) is 3.23. The first-order valence-electron chi connectivity index (χ1n) is 10.7. The summed E-state index contributed by atoms with van der Waals surface area (Å²) in [6.45, 7) is 6.32. The summed E-state index contributed by atoms with van der Waals surface area (Å²) in [4.78, 5) is 16.9. The average molecular weight is 414 g/mol. The molecular weight excluding hydrogens is 381 g/mol. The molecule has 0 saturated carbocycles. The monoisotopic (exact) mass is 413 g/mol. The van der Waals surface area contributed by atoms with Gasteiger partial charge in [0.2, 0.25) is 0 Å². The van der Waals surface area contributed by atoms with Crippen LogP contribution in [0.5, 0.6) is 5.75 Å². The van der Waals surface area contributed by atoms with E-state index >= 15 is 0 Å². The minimum absolute atomic E-state index is 0.226. The van der Waals surface area contributed by atoms with E-state index < -0.39 is 5.82 Å². The predicted molar refractivity (Wildman–Crippen MR) is 119 cm³/mol. The summed E-state index contributed by atoms with van der Waals surface area (Å²) in [5.74, 6) is 0.905. The van der Waals surface area contributed by atoms with Gasteiger partial charge in [0, 0.05) is 26.2 Å². The Morgan fingerprint density at radius 2 is 2.10 bits per heavy atom. The Kier molecular flexibility index (Phi) is 8.08. The highest BCUT2D eigenvalue weighted by molar-refractivity contribution is 5.89. The highest BCUT2D eigenvalue weighted by atomic mass is 19.1. The molecule has 1 aliphatic rings.